The van der Waals surface area contributed by atoms with Gasteiger partial charge in [-0.1, -0.05) is 33.8 Å². The Bertz CT molecular complexity index is 445. The van der Waals surface area contributed by atoms with Crippen LogP contribution < -0.4 is 9.47 Å². The lowest BCUT2D eigenvalue weighted by Crippen LogP contribution is -2.27. The summed E-state index contributed by atoms with van der Waals surface area (Å²) >= 11 is 0. The molecule has 0 unspecified atom stereocenters. The van der Waals surface area contributed by atoms with Crippen LogP contribution in [0.25, 0.3) is 0 Å². The molecule has 0 aliphatic rings. The highest BCUT2D eigenvalue weighted by Crippen LogP contribution is 2.28. The summed E-state index contributed by atoms with van der Waals surface area (Å²) in [6.07, 6.45) is 0.608. The van der Waals surface area contributed by atoms with Crippen LogP contribution in [0.1, 0.15) is 39.7 Å². The molecular formula is C18H31NO4. The smallest absolute Gasteiger partial charge is 0.303 e. The van der Waals surface area contributed by atoms with Gasteiger partial charge in [0.25, 0.3) is 0 Å². The standard InChI is InChI=1S/C16H25NO4.C2H6/c1-4-17(5-2)10-11-21-15-12-13(7-9-16(18)19)6-8-14(15)20-3;1-2/h6,8,12H,4-5,7,9-11H2,1-3H3,(H,18,19);1-2H3. The van der Waals surface area contributed by atoms with Gasteiger partial charge in [0.2, 0.25) is 0 Å². The van der Waals surface area contributed by atoms with Crippen LogP contribution >= 0.6 is 0 Å². The summed E-state index contributed by atoms with van der Waals surface area (Å²) in [5.41, 5.74) is 0.941. The topological polar surface area (TPSA) is 59.0 Å². The molecule has 5 nitrogen and oxygen atoms in total. The average molecular weight is 325 g/mol. The van der Waals surface area contributed by atoms with E-state index in [4.69, 9.17) is 14.6 Å². The van der Waals surface area contributed by atoms with Gasteiger partial charge in [-0.2, -0.15) is 0 Å². The molecule has 0 aliphatic heterocycles. The number of methoxy groups -OCH3 is 1. The molecule has 1 aromatic rings. The number of likely N-dealkylation sites (N-methyl/N-ethyl adjacent to an activating group) is 1. The van der Waals surface area contributed by atoms with E-state index in [0.29, 0.717) is 24.5 Å². The van der Waals surface area contributed by atoms with Crippen molar-refractivity contribution in [3.63, 3.8) is 0 Å². The number of nitrogens with zero attached hydrogens (tertiary/aromatic N) is 1. The van der Waals surface area contributed by atoms with Gasteiger partial charge in [-0.15, -0.1) is 0 Å². The molecule has 1 rings (SSSR count). The SMILES string of the molecule is CC.CCN(CC)CCOc1cc(CCC(=O)O)ccc1OC. The van der Waals surface area contributed by atoms with Gasteiger partial charge in [-0.05, 0) is 37.2 Å². The van der Waals surface area contributed by atoms with E-state index in [1.807, 2.05) is 32.0 Å². The summed E-state index contributed by atoms with van der Waals surface area (Å²) in [5.74, 6) is 0.552. The number of carboxylic acid groups (broad SMARTS) is 1. The van der Waals surface area contributed by atoms with Crippen molar-refractivity contribution in [2.75, 3.05) is 33.4 Å². The number of hydrogen-bond donors (Lipinski definition) is 1. The first-order chi connectivity index (χ1) is 11.1. The minimum atomic E-state index is -0.796. The number of aryl methyl sites for hydroxylation is 1. The predicted molar refractivity (Wildman–Crippen MR) is 93.6 cm³/mol. The average Bonchev–Trinajstić information content (AvgIpc) is 2.58. The van der Waals surface area contributed by atoms with Gasteiger partial charge in [-0.3, -0.25) is 4.79 Å². The molecule has 5 heteroatoms. The summed E-state index contributed by atoms with van der Waals surface area (Å²) in [6, 6.07) is 5.56. The molecule has 0 aliphatic carbocycles. The second-order valence-corrected chi connectivity index (χ2v) is 4.75. The number of carbonyl (C=O) groups is 1. The Kier molecular flexibility index (Phi) is 11.8. The minimum absolute atomic E-state index is 0.116. The van der Waals surface area contributed by atoms with E-state index in [-0.39, 0.29) is 6.42 Å². The second-order valence-electron chi connectivity index (χ2n) is 4.75. The molecule has 0 heterocycles. The van der Waals surface area contributed by atoms with Gasteiger partial charge in [0.1, 0.15) is 6.61 Å². The van der Waals surface area contributed by atoms with Crippen molar-refractivity contribution in [3.05, 3.63) is 23.8 Å². The molecular weight excluding hydrogens is 294 g/mol. The van der Waals surface area contributed by atoms with E-state index < -0.39 is 5.97 Å². The molecule has 23 heavy (non-hydrogen) atoms. The Morgan fingerprint density at radius 2 is 1.83 bits per heavy atom. The molecule has 0 fully saturated rings. The lowest BCUT2D eigenvalue weighted by Gasteiger charge is -2.19. The third-order valence-corrected chi connectivity index (χ3v) is 3.42. The van der Waals surface area contributed by atoms with Crippen LogP contribution in [0.4, 0.5) is 0 Å². The number of rotatable bonds is 10. The Labute approximate surface area is 140 Å². The van der Waals surface area contributed by atoms with Crippen molar-refractivity contribution in [1.82, 2.24) is 4.90 Å². The minimum Gasteiger partial charge on any atom is -0.493 e. The molecule has 0 aromatic heterocycles. The van der Waals surface area contributed by atoms with E-state index in [0.717, 1.165) is 25.2 Å². The number of ether oxygens (including phenoxy) is 2. The van der Waals surface area contributed by atoms with Crippen molar-refractivity contribution in [2.24, 2.45) is 0 Å². The van der Waals surface area contributed by atoms with Gasteiger partial charge in [0.05, 0.1) is 7.11 Å². The fourth-order valence-corrected chi connectivity index (χ4v) is 2.07. The molecule has 0 radical (unpaired) electrons. The van der Waals surface area contributed by atoms with Crippen molar-refractivity contribution in [1.29, 1.82) is 0 Å². The highest BCUT2D eigenvalue weighted by Gasteiger charge is 2.08. The Morgan fingerprint density at radius 1 is 1.17 bits per heavy atom. The maximum absolute atomic E-state index is 10.6. The fourth-order valence-electron chi connectivity index (χ4n) is 2.07. The Hall–Kier alpha value is -1.75. The normalized spacial score (nSPS) is 10.0. The van der Waals surface area contributed by atoms with Crippen LogP contribution in [0, 0.1) is 0 Å². The molecule has 0 atom stereocenters. The quantitative estimate of drug-likeness (QED) is 0.714. The Morgan fingerprint density at radius 3 is 2.35 bits per heavy atom. The molecule has 0 saturated heterocycles. The highest BCUT2D eigenvalue weighted by atomic mass is 16.5. The summed E-state index contributed by atoms with van der Waals surface area (Å²) in [4.78, 5) is 12.9. The lowest BCUT2D eigenvalue weighted by molar-refractivity contribution is -0.136. The van der Waals surface area contributed by atoms with Crippen LogP contribution in [0.15, 0.2) is 18.2 Å². The van der Waals surface area contributed by atoms with Gasteiger partial charge in [0.15, 0.2) is 11.5 Å². The maximum Gasteiger partial charge on any atom is 0.303 e. The molecule has 0 saturated carbocycles. The zero-order valence-electron chi connectivity index (χ0n) is 15.1. The van der Waals surface area contributed by atoms with E-state index in [9.17, 15) is 4.79 Å². The van der Waals surface area contributed by atoms with E-state index >= 15 is 0 Å². The molecule has 0 spiro atoms. The second kappa shape index (κ2) is 12.8. The highest BCUT2D eigenvalue weighted by molar-refractivity contribution is 5.67. The van der Waals surface area contributed by atoms with Crippen LogP contribution in [-0.4, -0.2) is 49.3 Å². The van der Waals surface area contributed by atoms with Crippen molar-refractivity contribution in [3.8, 4) is 11.5 Å². The first-order valence-electron chi connectivity index (χ1n) is 8.34. The van der Waals surface area contributed by atoms with Crippen molar-refractivity contribution < 1.29 is 19.4 Å². The van der Waals surface area contributed by atoms with Crippen molar-refractivity contribution >= 4 is 5.97 Å². The summed E-state index contributed by atoms with van der Waals surface area (Å²) < 4.78 is 11.1. The first kappa shape index (κ1) is 21.2. The van der Waals surface area contributed by atoms with Crippen LogP contribution in [0.2, 0.25) is 0 Å². The number of benzene rings is 1. The third kappa shape index (κ3) is 8.45. The largest absolute Gasteiger partial charge is 0.493 e. The number of hydrogen-bond acceptors (Lipinski definition) is 4. The molecule has 1 aromatic carbocycles. The lowest BCUT2D eigenvalue weighted by atomic mass is 10.1. The van der Waals surface area contributed by atoms with Gasteiger partial charge in [-0.25, -0.2) is 0 Å². The zero-order valence-corrected chi connectivity index (χ0v) is 15.1. The van der Waals surface area contributed by atoms with E-state index in [1.165, 1.54) is 0 Å². The summed E-state index contributed by atoms with van der Waals surface area (Å²) in [7, 11) is 1.60. The molecule has 132 valence electrons. The van der Waals surface area contributed by atoms with E-state index in [1.54, 1.807) is 7.11 Å². The van der Waals surface area contributed by atoms with Crippen LogP contribution in [-0.2, 0) is 11.2 Å². The monoisotopic (exact) mass is 325 g/mol. The summed E-state index contributed by atoms with van der Waals surface area (Å²) in [5, 5.41) is 8.74. The first-order valence-corrected chi connectivity index (χ1v) is 8.34. The molecule has 1 N–H and O–H groups in total. The van der Waals surface area contributed by atoms with E-state index in [2.05, 4.69) is 18.7 Å². The number of carboxylic acids is 1. The molecule has 0 amide bonds. The van der Waals surface area contributed by atoms with Gasteiger partial charge < -0.3 is 19.5 Å². The van der Waals surface area contributed by atoms with Gasteiger partial charge in [0, 0.05) is 13.0 Å². The summed E-state index contributed by atoms with van der Waals surface area (Å²) in [6.45, 7) is 11.7. The third-order valence-electron chi connectivity index (χ3n) is 3.42. The maximum atomic E-state index is 10.6. The number of aliphatic carboxylic acids is 1. The zero-order chi connectivity index (χ0) is 17.7. The van der Waals surface area contributed by atoms with Crippen LogP contribution in [0.3, 0.4) is 0 Å². The van der Waals surface area contributed by atoms with Crippen molar-refractivity contribution in [2.45, 2.75) is 40.5 Å². The predicted octanol–water partition coefficient (Wildman–Crippen LogP) is 3.46. The van der Waals surface area contributed by atoms with Gasteiger partial charge >= 0.3 is 5.97 Å². The Balaban J connectivity index is 0.00000232. The fraction of sp³-hybridized carbons (Fsp3) is 0.611. The van der Waals surface area contributed by atoms with Crippen LogP contribution in [0.5, 0.6) is 11.5 Å². The molecule has 0 bridgehead atoms.